The molecule has 0 spiro atoms. The van der Waals surface area contributed by atoms with Crippen LogP contribution < -0.4 is 11.5 Å². The van der Waals surface area contributed by atoms with Crippen LogP contribution in [0.4, 0.5) is 0 Å². The minimum Gasteiger partial charge on any atom is -0.480 e. The maximum atomic E-state index is 10.3. The van der Waals surface area contributed by atoms with Gasteiger partial charge in [-0.05, 0) is 12.3 Å². The Hall–Kier alpha value is -1.23. The Morgan fingerprint density at radius 3 is 1.68 bits per heavy atom. The normalized spacial score (nSPS) is 11.6. The Bertz CT molecular complexity index is 352. The van der Waals surface area contributed by atoms with Gasteiger partial charge in [-0.2, -0.15) is 4.99 Å². The van der Waals surface area contributed by atoms with E-state index in [1.807, 2.05) is 0 Å². The van der Waals surface area contributed by atoms with Gasteiger partial charge in [0.2, 0.25) is 6.08 Å². The Labute approximate surface area is 153 Å². The van der Waals surface area contributed by atoms with Crippen LogP contribution >= 0.6 is 0 Å². The van der Waals surface area contributed by atoms with E-state index in [1.54, 1.807) is 13.8 Å². The molecule has 0 aliphatic heterocycles. The monoisotopic (exact) mass is 357 g/mol. The second kappa shape index (κ2) is 19.1. The molecule has 0 aromatic rings. The summed E-state index contributed by atoms with van der Waals surface area (Å²) in [5.41, 5.74) is 11.0. The smallest absolute Gasteiger partial charge is 0.329 e. The number of hydrogen-bond acceptors (Lipinski definition) is 5. The average Bonchev–Trinajstić information content (AvgIpc) is 2.54. The van der Waals surface area contributed by atoms with Crippen LogP contribution in [-0.2, 0) is 9.59 Å². The van der Waals surface area contributed by atoms with Crippen molar-refractivity contribution in [1.82, 2.24) is 0 Å². The van der Waals surface area contributed by atoms with Crippen LogP contribution in [0.5, 0.6) is 0 Å². The van der Waals surface area contributed by atoms with Crippen LogP contribution in [0.3, 0.4) is 0 Å². The highest BCUT2D eigenvalue weighted by molar-refractivity contribution is 5.74. The van der Waals surface area contributed by atoms with E-state index >= 15 is 0 Å². The SMILES string of the molecule is CC(C)[C@H](N=C=O)C(=O)O.CCCCCCCCCCCCC(N)N. The topological polar surface area (TPSA) is 119 Å². The van der Waals surface area contributed by atoms with E-state index in [0.29, 0.717) is 0 Å². The number of carbonyl (C=O) groups is 1. The molecule has 25 heavy (non-hydrogen) atoms. The first-order chi connectivity index (χ1) is 11.9. The highest BCUT2D eigenvalue weighted by Gasteiger charge is 2.19. The summed E-state index contributed by atoms with van der Waals surface area (Å²) in [6.45, 7) is 5.63. The molecule has 0 fully saturated rings. The predicted octanol–water partition coefficient (Wildman–Crippen LogP) is 3.97. The second-order valence-corrected chi connectivity index (χ2v) is 6.88. The lowest BCUT2D eigenvalue weighted by molar-refractivity contribution is -0.139. The summed E-state index contributed by atoms with van der Waals surface area (Å²) in [6, 6.07) is -0.947. The van der Waals surface area contributed by atoms with Crippen molar-refractivity contribution in [2.24, 2.45) is 22.4 Å². The molecule has 5 N–H and O–H groups in total. The van der Waals surface area contributed by atoms with Crippen LogP contribution in [0.25, 0.3) is 0 Å². The van der Waals surface area contributed by atoms with Gasteiger partial charge in [-0.3, -0.25) is 0 Å². The lowest BCUT2D eigenvalue weighted by Gasteiger charge is -2.07. The molecule has 0 saturated heterocycles. The first-order valence-corrected chi connectivity index (χ1v) is 9.67. The van der Waals surface area contributed by atoms with Crippen molar-refractivity contribution in [1.29, 1.82) is 0 Å². The molecule has 0 heterocycles. The third kappa shape index (κ3) is 20.7. The minimum atomic E-state index is -1.08. The molecule has 0 rings (SSSR count). The number of aliphatic imine (C=N–C) groups is 1. The molecule has 0 bridgehead atoms. The zero-order valence-corrected chi connectivity index (χ0v) is 16.4. The Kier molecular flexibility index (Phi) is 19.9. The Balaban J connectivity index is 0. The minimum absolute atomic E-state index is 0.0981. The molecular formula is C19H39N3O3. The average molecular weight is 358 g/mol. The van der Waals surface area contributed by atoms with Gasteiger partial charge in [-0.1, -0.05) is 85.0 Å². The maximum absolute atomic E-state index is 10.3. The number of hydrogen-bond donors (Lipinski definition) is 3. The van der Waals surface area contributed by atoms with Crippen LogP contribution in [-0.4, -0.2) is 29.4 Å². The summed E-state index contributed by atoms with van der Waals surface area (Å²) < 4.78 is 0. The van der Waals surface area contributed by atoms with Gasteiger partial charge in [0.15, 0.2) is 6.04 Å². The van der Waals surface area contributed by atoms with Crippen molar-refractivity contribution in [2.75, 3.05) is 0 Å². The van der Waals surface area contributed by atoms with Gasteiger partial charge in [0.05, 0.1) is 6.17 Å². The Morgan fingerprint density at radius 1 is 0.960 bits per heavy atom. The molecule has 0 unspecified atom stereocenters. The first kappa shape index (κ1) is 26.0. The molecule has 0 radical (unpaired) electrons. The lowest BCUT2D eigenvalue weighted by atomic mass is 10.1. The fourth-order valence-electron chi connectivity index (χ4n) is 2.41. The Morgan fingerprint density at radius 2 is 1.40 bits per heavy atom. The fourth-order valence-corrected chi connectivity index (χ4v) is 2.41. The van der Waals surface area contributed by atoms with E-state index in [2.05, 4.69) is 11.9 Å². The molecule has 6 nitrogen and oxygen atoms in total. The molecule has 0 saturated carbocycles. The summed E-state index contributed by atoms with van der Waals surface area (Å²) >= 11 is 0. The number of isocyanates is 1. The molecule has 0 aromatic heterocycles. The van der Waals surface area contributed by atoms with Gasteiger partial charge < -0.3 is 16.6 Å². The standard InChI is InChI=1S/C13H30N2.C6H9NO3/c1-2-3-4-5-6-7-8-9-10-11-12-13(14)15;1-4(2)5(6(9)10)7-3-8/h13H,2-12,14-15H2,1H3;4-5H,1-2H3,(H,9,10)/t;5-/m.0/s1. The highest BCUT2D eigenvalue weighted by Crippen LogP contribution is 2.11. The number of nitrogens with two attached hydrogens (primary N) is 2. The number of unbranched alkanes of at least 4 members (excludes halogenated alkanes) is 9. The van der Waals surface area contributed by atoms with Crippen molar-refractivity contribution in [3.8, 4) is 0 Å². The van der Waals surface area contributed by atoms with Crippen LogP contribution in [0.1, 0.15) is 91.4 Å². The number of nitrogens with zero attached hydrogens (tertiary/aromatic N) is 1. The molecular weight excluding hydrogens is 318 g/mol. The van der Waals surface area contributed by atoms with E-state index in [9.17, 15) is 9.59 Å². The van der Waals surface area contributed by atoms with Crippen molar-refractivity contribution in [3.05, 3.63) is 0 Å². The quantitative estimate of drug-likeness (QED) is 0.188. The van der Waals surface area contributed by atoms with E-state index in [1.165, 1.54) is 70.3 Å². The molecule has 148 valence electrons. The summed E-state index contributed by atoms with van der Waals surface area (Å²) in [6.07, 6.45) is 15.8. The van der Waals surface area contributed by atoms with Gasteiger partial charge in [-0.25, -0.2) is 9.59 Å². The van der Waals surface area contributed by atoms with E-state index in [0.717, 1.165) is 6.42 Å². The van der Waals surface area contributed by atoms with Crippen molar-refractivity contribution >= 4 is 12.0 Å². The number of carboxylic acid groups (broad SMARTS) is 1. The van der Waals surface area contributed by atoms with Gasteiger partial charge in [0.1, 0.15) is 0 Å². The molecule has 0 amide bonds. The number of rotatable bonds is 14. The van der Waals surface area contributed by atoms with Gasteiger partial charge >= 0.3 is 5.97 Å². The van der Waals surface area contributed by atoms with Crippen LogP contribution in [0, 0.1) is 5.92 Å². The number of carboxylic acids is 1. The summed E-state index contributed by atoms with van der Waals surface area (Å²) in [7, 11) is 0. The predicted molar refractivity (Wildman–Crippen MR) is 103 cm³/mol. The first-order valence-electron chi connectivity index (χ1n) is 9.67. The van der Waals surface area contributed by atoms with E-state index < -0.39 is 12.0 Å². The summed E-state index contributed by atoms with van der Waals surface area (Å²) in [4.78, 5) is 23.0. The molecule has 1 atom stereocenters. The highest BCUT2D eigenvalue weighted by atomic mass is 16.4. The fraction of sp³-hybridized carbons (Fsp3) is 0.895. The third-order valence-electron chi connectivity index (χ3n) is 3.97. The largest absolute Gasteiger partial charge is 0.480 e. The van der Waals surface area contributed by atoms with Crippen molar-refractivity contribution < 1.29 is 14.7 Å². The van der Waals surface area contributed by atoms with E-state index in [-0.39, 0.29) is 12.1 Å². The summed E-state index contributed by atoms with van der Waals surface area (Å²) in [5.74, 6) is -1.25. The summed E-state index contributed by atoms with van der Waals surface area (Å²) in [5, 5.41) is 8.40. The molecule has 0 aliphatic carbocycles. The molecule has 0 aromatic carbocycles. The second-order valence-electron chi connectivity index (χ2n) is 6.88. The lowest BCUT2D eigenvalue weighted by Crippen LogP contribution is -2.29. The number of aliphatic carboxylic acids is 1. The molecule has 6 heteroatoms. The van der Waals surface area contributed by atoms with Crippen LogP contribution in [0.2, 0.25) is 0 Å². The zero-order chi connectivity index (χ0) is 19.5. The maximum Gasteiger partial charge on any atom is 0.329 e. The number of carbonyl (C=O) groups excluding carboxylic acids is 1. The third-order valence-corrected chi connectivity index (χ3v) is 3.97. The molecule has 0 aliphatic rings. The zero-order valence-electron chi connectivity index (χ0n) is 16.4. The van der Waals surface area contributed by atoms with Crippen LogP contribution in [0.15, 0.2) is 4.99 Å². The van der Waals surface area contributed by atoms with Gasteiger partial charge in [0.25, 0.3) is 0 Å². The van der Waals surface area contributed by atoms with E-state index in [4.69, 9.17) is 16.6 Å². The van der Waals surface area contributed by atoms with Gasteiger partial charge in [0, 0.05) is 0 Å². The van der Waals surface area contributed by atoms with Gasteiger partial charge in [-0.15, -0.1) is 0 Å². The van der Waals surface area contributed by atoms with Crippen molar-refractivity contribution in [3.63, 3.8) is 0 Å². The van der Waals surface area contributed by atoms with Crippen molar-refractivity contribution in [2.45, 2.75) is 104 Å².